The number of ether oxygens (including phenoxy) is 2. The Morgan fingerprint density at radius 3 is 2.14 bits per heavy atom. The molecule has 0 aliphatic rings. The monoisotopic (exact) mass is 276 g/mol. The molecule has 0 aliphatic carbocycles. The van der Waals surface area contributed by atoms with Crippen LogP contribution < -0.4 is 17.0 Å². The van der Waals surface area contributed by atoms with Crippen molar-refractivity contribution in [1.82, 2.24) is 0 Å². The first-order valence-electron chi connectivity index (χ1n) is 4.85. The van der Waals surface area contributed by atoms with E-state index in [4.69, 9.17) is 9.47 Å². The molecule has 82 valence electrons. The minimum absolute atomic E-state index is 0. The van der Waals surface area contributed by atoms with E-state index in [1.807, 2.05) is 0 Å². The average molecular weight is 277 g/mol. The molecule has 0 fully saturated rings. The van der Waals surface area contributed by atoms with Crippen LogP contribution in [0.1, 0.15) is 39.5 Å². The molecule has 4 heteroatoms. The van der Waals surface area contributed by atoms with Crippen molar-refractivity contribution in [2.24, 2.45) is 0 Å². The first-order chi connectivity index (χ1) is 5.91. The fraction of sp³-hybridized carbons (Fsp3) is 0.900. The van der Waals surface area contributed by atoms with Crippen LogP contribution in [0.3, 0.4) is 0 Å². The zero-order valence-electron chi connectivity index (χ0n) is 9.43. The van der Waals surface area contributed by atoms with Crippen LogP contribution in [0.4, 0.5) is 0 Å². The van der Waals surface area contributed by atoms with E-state index in [9.17, 15) is 0 Å². The van der Waals surface area contributed by atoms with E-state index in [1.165, 1.54) is 6.42 Å². The van der Waals surface area contributed by atoms with Crippen LogP contribution in [-0.4, -0.2) is 43.1 Å². The van der Waals surface area contributed by atoms with Crippen LogP contribution in [0.5, 0.6) is 0 Å². The second kappa shape index (κ2) is 19.7. The summed E-state index contributed by atoms with van der Waals surface area (Å²) in [7, 11) is 0. The standard InChI is InChI=1S/C10H21O2.BrH.Mg/c1-3-5-7-9-12-10-11-8-6-4-2;;/h3H,4-10H2,1-2H3;1H;/q-1;;+2/p-1. The minimum Gasteiger partial charge on any atom is -1.00 e. The molecule has 0 aromatic carbocycles. The van der Waals surface area contributed by atoms with Gasteiger partial charge in [-0.1, -0.05) is 19.8 Å². The molecule has 0 saturated heterocycles. The Morgan fingerprint density at radius 2 is 1.64 bits per heavy atom. The van der Waals surface area contributed by atoms with Gasteiger partial charge >= 0.3 is 23.1 Å². The number of rotatable bonds is 9. The van der Waals surface area contributed by atoms with Gasteiger partial charge in [-0.05, 0) is 6.42 Å². The van der Waals surface area contributed by atoms with Crippen LogP contribution in [0, 0.1) is 6.42 Å². The van der Waals surface area contributed by atoms with E-state index in [0.717, 1.165) is 32.5 Å². The molecule has 0 aromatic heterocycles. The summed E-state index contributed by atoms with van der Waals surface area (Å²) in [5, 5.41) is 0. The maximum absolute atomic E-state index is 5.24. The molecule has 0 spiro atoms. The van der Waals surface area contributed by atoms with Gasteiger partial charge in [-0.25, -0.2) is 0 Å². The number of hydrogen-bond donors (Lipinski definition) is 0. The van der Waals surface area contributed by atoms with Crippen molar-refractivity contribution >= 4 is 23.1 Å². The van der Waals surface area contributed by atoms with Gasteiger partial charge in [-0.15, -0.1) is 0 Å². The van der Waals surface area contributed by atoms with Crippen molar-refractivity contribution in [2.75, 3.05) is 20.0 Å². The number of hydrogen-bond acceptors (Lipinski definition) is 2. The summed E-state index contributed by atoms with van der Waals surface area (Å²) in [6.07, 6.45) is 6.71. The third kappa shape index (κ3) is 18.9. The van der Waals surface area contributed by atoms with E-state index in [-0.39, 0.29) is 40.0 Å². The molecule has 0 radical (unpaired) electrons. The third-order valence-corrected chi connectivity index (χ3v) is 1.59. The quantitative estimate of drug-likeness (QED) is 0.243. The first-order valence-corrected chi connectivity index (χ1v) is 4.85. The Bertz CT molecular complexity index is 74.5. The zero-order chi connectivity index (χ0) is 9.07. The fourth-order valence-electron chi connectivity index (χ4n) is 0.813. The Hall–Kier alpha value is 1.17. The summed E-state index contributed by atoms with van der Waals surface area (Å²) in [4.78, 5) is 0. The molecular formula is C10H21BrMgO2. The Labute approximate surface area is 115 Å². The van der Waals surface area contributed by atoms with Crippen LogP contribution >= 0.6 is 0 Å². The van der Waals surface area contributed by atoms with Crippen LogP contribution in [0.2, 0.25) is 0 Å². The largest absolute Gasteiger partial charge is 2.00 e. The normalized spacial score (nSPS) is 9.00. The van der Waals surface area contributed by atoms with Gasteiger partial charge in [0.15, 0.2) is 0 Å². The molecule has 0 unspecified atom stereocenters. The molecule has 2 nitrogen and oxygen atoms in total. The van der Waals surface area contributed by atoms with Crippen LogP contribution in [-0.2, 0) is 9.47 Å². The van der Waals surface area contributed by atoms with Crippen molar-refractivity contribution in [3.8, 4) is 0 Å². The maximum Gasteiger partial charge on any atom is 2.00 e. The Kier molecular flexibility index (Phi) is 28.9. The Balaban J connectivity index is -0.000000605. The van der Waals surface area contributed by atoms with Gasteiger partial charge in [0, 0.05) is 13.2 Å². The molecule has 14 heavy (non-hydrogen) atoms. The maximum atomic E-state index is 5.24. The molecule has 0 aromatic rings. The van der Waals surface area contributed by atoms with Crippen molar-refractivity contribution in [2.45, 2.75) is 39.5 Å². The third-order valence-electron chi connectivity index (χ3n) is 1.59. The average Bonchev–Trinajstić information content (AvgIpc) is 2.10. The van der Waals surface area contributed by atoms with E-state index >= 15 is 0 Å². The molecule has 0 bridgehead atoms. The SMILES string of the molecule is C[CH-]CCCOCOCCCC.[Br-].[Mg+2]. The molecule has 0 aliphatic heterocycles. The van der Waals surface area contributed by atoms with Crippen molar-refractivity contribution < 1.29 is 26.5 Å². The number of halogens is 1. The number of unbranched alkanes of at least 4 members (excludes halogenated alkanes) is 3. The van der Waals surface area contributed by atoms with Crippen LogP contribution in [0.15, 0.2) is 0 Å². The van der Waals surface area contributed by atoms with E-state index in [2.05, 4.69) is 20.3 Å². The van der Waals surface area contributed by atoms with Crippen molar-refractivity contribution in [3.63, 3.8) is 0 Å². The summed E-state index contributed by atoms with van der Waals surface area (Å²) in [6.45, 7) is 6.33. The molecular weight excluding hydrogens is 256 g/mol. The topological polar surface area (TPSA) is 18.5 Å². The second-order valence-corrected chi connectivity index (χ2v) is 2.84. The van der Waals surface area contributed by atoms with Gasteiger partial charge in [0.1, 0.15) is 6.79 Å². The summed E-state index contributed by atoms with van der Waals surface area (Å²) in [5.41, 5.74) is 0. The fourth-order valence-corrected chi connectivity index (χ4v) is 0.813. The van der Waals surface area contributed by atoms with E-state index in [0.29, 0.717) is 6.79 Å². The summed E-state index contributed by atoms with van der Waals surface area (Å²) in [6, 6.07) is 0. The Morgan fingerprint density at radius 1 is 1.07 bits per heavy atom. The summed E-state index contributed by atoms with van der Waals surface area (Å²) >= 11 is 0. The summed E-state index contributed by atoms with van der Waals surface area (Å²) in [5.74, 6) is 0. The predicted molar refractivity (Wildman–Crippen MR) is 56.6 cm³/mol. The molecule has 0 amide bonds. The van der Waals surface area contributed by atoms with Gasteiger partial charge in [-0.3, -0.25) is 0 Å². The van der Waals surface area contributed by atoms with Gasteiger partial charge in [0.25, 0.3) is 0 Å². The van der Waals surface area contributed by atoms with Gasteiger partial charge in [0.05, 0.1) is 0 Å². The molecule has 0 N–H and O–H groups in total. The molecule has 0 rings (SSSR count). The van der Waals surface area contributed by atoms with Crippen molar-refractivity contribution in [3.05, 3.63) is 6.42 Å². The van der Waals surface area contributed by atoms with Gasteiger partial charge < -0.3 is 32.9 Å². The zero-order valence-corrected chi connectivity index (χ0v) is 12.4. The summed E-state index contributed by atoms with van der Waals surface area (Å²) < 4.78 is 10.5. The van der Waals surface area contributed by atoms with Crippen LogP contribution in [0.25, 0.3) is 0 Å². The predicted octanol–water partition coefficient (Wildman–Crippen LogP) is -0.595. The first kappa shape index (κ1) is 20.6. The second-order valence-electron chi connectivity index (χ2n) is 2.84. The van der Waals surface area contributed by atoms with Crippen molar-refractivity contribution in [1.29, 1.82) is 0 Å². The molecule has 0 atom stereocenters. The minimum atomic E-state index is 0. The smallest absolute Gasteiger partial charge is 1.00 e. The van der Waals surface area contributed by atoms with Gasteiger partial charge in [0.2, 0.25) is 0 Å². The van der Waals surface area contributed by atoms with E-state index in [1.54, 1.807) is 0 Å². The van der Waals surface area contributed by atoms with E-state index < -0.39 is 0 Å². The van der Waals surface area contributed by atoms with Gasteiger partial charge in [-0.2, -0.15) is 13.3 Å². The molecule has 0 saturated carbocycles. The molecule has 0 heterocycles.